The molecule has 0 amide bonds. The van der Waals surface area contributed by atoms with E-state index in [4.69, 9.17) is 16.7 Å². The van der Waals surface area contributed by atoms with Crippen molar-refractivity contribution in [3.8, 4) is 0 Å². The maximum atomic E-state index is 9.05. The highest BCUT2D eigenvalue weighted by Gasteiger charge is 2.13. The molecule has 0 spiro atoms. The van der Waals surface area contributed by atoms with Crippen LogP contribution in [0.25, 0.3) is 0 Å². The second kappa shape index (κ2) is 7.62. The van der Waals surface area contributed by atoms with Crippen LogP contribution in [0.2, 0.25) is 5.02 Å². The van der Waals surface area contributed by atoms with Crippen LogP contribution in [-0.4, -0.2) is 16.7 Å². The smallest absolute Gasteiger partial charge is 0.140 e. The number of hydrogen-bond acceptors (Lipinski definition) is 3. The summed E-state index contributed by atoms with van der Waals surface area (Å²) in [5.41, 5.74) is 1.17. The molecule has 1 atom stereocenters. The minimum atomic E-state index is 0.105. The number of benzene rings is 1. The van der Waals surface area contributed by atoms with E-state index in [1.165, 1.54) is 5.56 Å². The van der Waals surface area contributed by atoms with Gasteiger partial charge in [0.1, 0.15) is 5.82 Å². The second-order valence-corrected chi connectivity index (χ2v) is 5.75. The van der Waals surface area contributed by atoms with E-state index in [1.807, 2.05) is 24.3 Å². The summed E-state index contributed by atoms with van der Waals surface area (Å²) in [6.45, 7) is 0.181. The SMILES string of the molecule is OCCC[C@H](Nc1ncc(Cl)cc1Br)c1ccccc1. The lowest BCUT2D eigenvalue weighted by atomic mass is 10.0. The summed E-state index contributed by atoms with van der Waals surface area (Å²) >= 11 is 9.36. The summed E-state index contributed by atoms with van der Waals surface area (Å²) in [5.74, 6) is 0.751. The lowest BCUT2D eigenvalue weighted by Crippen LogP contribution is -2.12. The Morgan fingerprint density at radius 2 is 2.05 bits per heavy atom. The standard InChI is InChI=1S/C15H16BrClN2O/c16-13-9-12(17)10-18-15(13)19-14(7-4-8-20)11-5-2-1-3-6-11/h1-3,5-6,9-10,14,20H,4,7-8H2,(H,18,19)/t14-/m0/s1. The molecule has 1 aromatic carbocycles. The first kappa shape index (κ1) is 15.3. The van der Waals surface area contributed by atoms with Crippen LogP contribution in [0.3, 0.4) is 0 Å². The van der Waals surface area contributed by atoms with Gasteiger partial charge in [0.25, 0.3) is 0 Å². The summed E-state index contributed by atoms with van der Waals surface area (Å²) in [6.07, 6.45) is 3.18. The van der Waals surface area contributed by atoms with Crippen LogP contribution >= 0.6 is 27.5 Å². The zero-order chi connectivity index (χ0) is 14.4. The molecular formula is C15H16BrClN2O. The van der Waals surface area contributed by atoms with Gasteiger partial charge in [0.05, 0.1) is 15.5 Å². The fraction of sp³-hybridized carbons (Fsp3) is 0.267. The average Bonchev–Trinajstić information content (AvgIpc) is 2.46. The molecule has 0 saturated heterocycles. The summed E-state index contributed by atoms with van der Waals surface area (Å²) in [6, 6.07) is 12.1. The van der Waals surface area contributed by atoms with Crippen LogP contribution in [0.1, 0.15) is 24.4 Å². The van der Waals surface area contributed by atoms with Gasteiger partial charge in [-0.1, -0.05) is 41.9 Å². The third-order valence-corrected chi connectivity index (χ3v) is 3.78. The zero-order valence-corrected chi connectivity index (χ0v) is 13.2. The molecule has 1 aromatic heterocycles. The first-order valence-electron chi connectivity index (χ1n) is 6.44. The molecule has 0 saturated carbocycles. The summed E-state index contributed by atoms with van der Waals surface area (Å²) < 4.78 is 0.829. The van der Waals surface area contributed by atoms with Gasteiger partial charge >= 0.3 is 0 Å². The van der Waals surface area contributed by atoms with Crippen molar-refractivity contribution in [3.63, 3.8) is 0 Å². The van der Waals surface area contributed by atoms with E-state index >= 15 is 0 Å². The molecular weight excluding hydrogens is 340 g/mol. The first-order chi connectivity index (χ1) is 9.70. The molecule has 2 N–H and O–H groups in total. The number of rotatable bonds is 6. The number of pyridine rings is 1. The van der Waals surface area contributed by atoms with Crippen LogP contribution in [0.5, 0.6) is 0 Å². The van der Waals surface area contributed by atoms with E-state index in [2.05, 4.69) is 38.4 Å². The van der Waals surface area contributed by atoms with Gasteiger partial charge in [0.15, 0.2) is 0 Å². The van der Waals surface area contributed by atoms with E-state index in [0.717, 1.165) is 23.1 Å². The highest BCUT2D eigenvalue weighted by molar-refractivity contribution is 9.10. The van der Waals surface area contributed by atoms with E-state index in [9.17, 15) is 0 Å². The number of nitrogens with zero attached hydrogens (tertiary/aromatic N) is 1. The average molecular weight is 356 g/mol. The molecule has 3 nitrogen and oxygen atoms in total. The number of hydrogen-bond donors (Lipinski definition) is 2. The quantitative estimate of drug-likeness (QED) is 0.806. The molecule has 0 aliphatic rings. The second-order valence-electron chi connectivity index (χ2n) is 4.46. The largest absolute Gasteiger partial charge is 0.396 e. The number of aromatic nitrogens is 1. The topological polar surface area (TPSA) is 45.1 Å². The summed E-state index contributed by atoms with van der Waals surface area (Å²) in [4.78, 5) is 4.30. The van der Waals surface area contributed by atoms with Gasteiger partial charge in [-0.3, -0.25) is 0 Å². The number of halogens is 2. The first-order valence-corrected chi connectivity index (χ1v) is 7.61. The molecule has 2 aromatic rings. The monoisotopic (exact) mass is 354 g/mol. The Morgan fingerprint density at radius 3 is 2.70 bits per heavy atom. The van der Waals surface area contributed by atoms with Crippen LogP contribution in [0.15, 0.2) is 47.1 Å². The van der Waals surface area contributed by atoms with Crippen molar-refractivity contribution in [2.75, 3.05) is 11.9 Å². The Balaban J connectivity index is 2.19. The Hall–Kier alpha value is -1.10. The summed E-state index contributed by atoms with van der Waals surface area (Å²) in [7, 11) is 0. The molecule has 0 radical (unpaired) electrons. The number of anilines is 1. The van der Waals surface area contributed by atoms with Crippen molar-refractivity contribution in [2.45, 2.75) is 18.9 Å². The Morgan fingerprint density at radius 1 is 1.30 bits per heavy atom. The van der Waals surface area contributed by atoms with Crippen molar-refractivity contribution in [2.24, 2.45) is 0 Å². The van der Waals surface area contributed by atoms with Gasteiger partial charge in [-0.05, 0) is 40.4 Å². The predicted molar refractivity (Wildman–Crippen MR) is 86.1 cm³/mol. The van der Waals surface area contributed by atoms with E-state index in [0.29, 0.717) is 5.02 Å². The van der Waals surface area contributed by atoms with Gasteiger partial charge in [0, 0.05) is 12.8 Å². The number of aliphatic hydroxyl groups excluding tert-OH is 1. The maximum Gasteiger partial charge on any atom is 0.140 e. The number of nitrogens with one attached hydrogen (secondary N) is 1. The maximum absolute atomic E-state index is 9.05. The fourth-order valence-electron chi connectivity index (χ4n) is 1.99. The molecule has 2 rings (SSSR count). The lowest BCUT2D eigenvalue weighted by molar-refractivity contribution is 0.281. The van der Waals surface area contributed by atoms with Gasteiger partial charge in [-0.2, -0.15) is 0 Å². The number of aliphatic hydroxyl groups is 1. The van der Waals surface area contributed by atoms with Crippen LogP contribution in [0, 0.1) is 0 Å². The lowest BCUT2D eigenvalue weighted by Gasteiger charge is -2.20. The van der Waals surface area contributed by atoms with E-state index < -0.39 is 0 Å². The van der Waals surface area contributed by atoms with Gasteiger partial charge in [-0.15, -0.1) is 0 Å². The van der Waals surface area contributed by atoms with Gasteiger partial charge in [-0.25, -0.2) is 4.98 Å². The van der Waals surface area contributed by atoms with Crippen molar-refractivity contribution < 1.29 is 5.11 Å². The molecule has 1 heterocycles. The van der Waals surface area contributed by atoms with Crippen molar-refractivity contribution in [3.05, 3.63) is 57.7 Å². The third-order valence-electron chi connectivity index (χ3n) is 2.97. The highest BCUT2D eigenvalue weighted by Crippen LogP contribution is 2.28. The van der Waals surface area contributed by atoms with Crippen molar-refractivity contribution >= 4 is 33.3 Å². The molecule has 5 heteroatoms. The Kier molecular flexibility index (Phi) is 5.83. The molecule has 0 fully saturated rings. The van der Waals surface area contributed by atoms with E-state index in [1.54, 1.807) is 6.20 Å². The van der Waals surface area contributed by atoms with Crippen molar-refractivity contribution in [1.29, 1.82) is 0 Å². The van der Waals surface area contributed by atoms with Gasteiger partial charge in [0.2, 0.25) is 0 Å². The molecule has 0 aliphatic carbocycles. The normalized spacial score (nSPS) is 12.2. The molecule has 20 heavy (non-hydrogen) atoms. The minimum Gasteiger partial charge on any atom is -0.396 e. The molecule has 106 valence electrons. The molecule has 0 unspecified atom stereocenters. The van der Waals surface area contributed by atoms with Crippen LogP contribution in [0.4, 0.5) is 5.82 Å². The minimum absolute atomic E-state index is 0.105. The Bertz CT molecular complexity index is 551. The van der Waals surface area contributed by atoms with Crippen LogP contribution < -0.4 is 5.32 Å². The zero-order valence-electron chi connectivity index (χ0n) is 10.9. The van der Waals surface area contributed by atoms with Gasteiger partial charge < -0.3 is 10.4 Å². The molecule has 0 aliphatic heterocycles. The Labute approximate surface area is 132 Å². The van der Waals surface area contributed by atoms with Crippen molar-refractivity contribution in [1.82, 2.24) is 4.98 Å². The molecule has 0 bridgehead atoms. The summed E-state index contributed by atoms with van der Waals surface area (Å²) in [5, 5.41) is 13.0. The highest BCUT2D eigenvalue weighted by atomic mass is 79.9. The predicted octanol–water partition coefficient (Wildman–Crippen LogP) is 4.42. The van der Waals surface area contributed by atoms with E-state index in [-0.39, 0.29) is 12.6 Å². The van der Waals surface area contributed by atoms with Crippen LogP contribution in [-0.2, 0) is 0 Å². The third kappa shape index (κ3) is 4.20. The fourth-order valence-corrected chi connectivity index (χ4v) is 2.74.